The van der Waals surface area contributed by atoms with Gasteiger partial charge in [0, 0.05) is 25.3 Å². The van der Waals surface area contributed by atoms with Crippen molar-refractivity contribution in [2.75, 3.05) is 18.5 Å². The van der Waals surface area contributed by atoms with E-state index in [2.05, 4.69) is 11.4 Å². The zero-order chi connectivity index (χ0) is 13.9. The Labute approximate surface area is 119 Å². The summed E-state index contributed by atoms with van der Waals surface area (Å²) in [5.74, 6) is 0.364. The van der Waals surface area contributed by atoms with Gasteiger partial charge >= 0.3 is 0 Å². The summed E-state index contributed by atoms with van der Waals surface area (Å²) >= 11 is 0. The third-order valence-electron chi connectivity index (χ3n) is 4.31. The first-order valence-corrected chi connectivity index (χ1v) is 7.42. The van der Waals surface area contributed by atoms with Crippen LogP contribution in [0.2, 0.25) is 0 Å². The minimum atomic E-state index is -0.428. The third kappa shape index (κ3) is 2.86. The molecule has 1 fully saturated rings. The van der Waals surface area contributed by atoms with Crippen LogP contribution in [0.1, 0.15) is 42.9 Å². The van der Waals surface area contributed by atoms with Crippen molar-refractivity contribution in [3.63, 3.8) is 0 Å². The van der Waals surface area contributed by atoms with Crippen molar-refractivity contribution < 1.29 is 14.6 Å². The molecule has 2 aliphatic rings. The minimum absolute atomic E-state index is 0.0847. The van der Waals surface area contributed by atoms with E-state index < -0.39 is 6.10 Å². The molecule has 108 valence electrons. The number of ether oxygens (including phenoxy) is 1. The van der Waals surface area contributed by atoms with Crippen LogP contribution in [0, 0.1) is 5.92 Å². The van der Waals surface area contributed by atoms with Crippen LogP contribution in [0.5, 0.6) is 0 Å². The van der Waals surface area contributed by atoms with Crippen LogP contribution in [0.15, 0.2) is 18.2 Å². The fraction of sp³-hybridized carbons (Fsp3) is 0.562. The molecule has 1 atom stereocenters. The number of hydrogen-bond donors (Lipinski definition) is 2. The monoisotopic (exact) mass is 275 g/mol. The molecule has 2 heterocycles. The van der Waals surface area contributed by atoms with Crippen LogP contribution in [0.25, 0.3) is 0 Å². The van der Waals surface area contributed by atoms with E-state index in [-0.39, 0.29) is 11.8 Å². The normalized spacial score (nSPS) is 21.8. The number of rotatable bonds is 2. The fourth-order valence-electron chi connectivity index (χ4n) is 3.08. The molecule has 1 unspecified atom stereocenters. The molecule has 1 amide bonds. The Kier molecular flexibility index (Phi) is 4.03. The second-order valence-corrected chi connectivity index (χ2v) is 5.71. The highest BCUT2D eigenvalue weighted by molar-refractivity contribution is 5.92. The van der Waals surface area contributed by atoms with E-state index in [9.17, 15) is 9.90 Å². The molecule has 0 aliphatic carbocycles. The van der Waals surface area contributed by atoms with Gasteiger partial charge in [0.2, 0.25) is 5.91 Å². The lowest BCUT2D eigenvalue weighted by Crippen LogP contribution is -2.22. The zero-order valence-corrected chi connectivity index (χ0v) is 11.6. The molecular weight excluding hydrogens is 254 g/mol. The molecule has 0 saturated carbocycles. The first-order chi connectivity index (χ1) is 9.74. The standard InChI is InChI=1S/C16H21NO3/c18-15-3-1-2-12-10-13(4-5-14(12)17-15)16(19)11-6-8-20-9-7-11/h4-5,10-11,16,19H,1-3,6-9H2,(H,17,18). The Morgan fingerprint density at radius 1 is 1.25 bits per heavy atom. The van der Waals surface area contributed by atoms with E-state index in [1.54, 1.807) is 0 Å². The summed E-state index contributed by atoms with van der Waals surface area (Å²) in [6, 6.07) is 5.92. The number of aryl methyl sites for hydroxylation is 1. The van der Waals surface area contributed by atoms with Crippen LogP contribution >= 0.6 is 0 Å². The van der Waals surface area contributed by atoms with Gasteiger partial charge in [-0.3, -0.25) is 4.79 Å². The van der Waals surface area contributed by atoms with Gasteiger partial charge in [-0.05, 0) is 48.8 Å². The largest absolute Gasteiger partial charge is 0.388 e. The van der Waals surface area contributed by atoms with Crippen LogP contribution < -0.4 is 5.32 Å². The molecule has 3 rings (SSSR count). The molecule has 4 heteroatoms. The molecule has 20 heavy (non-hydrogen) atoms. The quantitative estimate of drug-likeness (QED) is 0.871. The Hall–Kier alpha value is -1.39. The van der Waals surface area contributed by atoms with Crippen molar-refractivity contribution >= 4 is 11.6 Å². The molecule has 0 radical (unpaired) electrons. The predicted molar refractivity (Wildman–Crippen MR) is 76.5 cm³/mol. The summed E-state index contributed by atoms with van der Waals surface area (Å²) in [7, 11) is 0. The maximum Gasteiger partial charge on any atom is 0.224 e. The number of hydrogen-bond acceptors (Lipinski definition) is 3. The fourth-order valence-corrected chi connectivity index (χ4v) is 3.08. The average molecular weight is 275 g/mol. The number of anilines is 1. The van der Waals surface area contributed by atoms with Crippen molar-refractivity contribution in [1.82, 2.24) is 0 Å². The third-order valence-corrected chi connectivity index (χ3v) is 4.31. The highest BCUT2D eigenvalue weighted by Gasteiger charge is 2.24. The van der Waals surface area contributed by atoms with Crippen molar-refractivity contribution in [2.24, 2.45) is 5.92 Å². The predicted octanol–water partition coefficient (Wildman–Crippen LogP) is 2.42. The zero-order valence-electron chi connectivity index (χ0n) is 11.6. The van der Waals surface area contributed by atoms with Gasteiger partial charge in [-0.2, -0.15) is 0 Å². The van der Waals surface area contributed by atoms with Gasteiger partial charge in [0.1, 0.15) is 0 Å². The van der Waals surface area contributed by atoms with E-state index in [4.69, 9.17) is 4.74 Å². The van der Waals surface area contributed by atoms with Gasteiger partial charge in [0.05, 0.1) is 6.10 Å². The van der Waals surface area contributed by atoms with Crippen molar-refractivity contribution in [3.05, 3.63) is 29.3 Å². The van der Waals surface area contributed by atoms with Gasteiger partial charge in [0.15, 0.2) is 0 Å². The van der Waals surface area contributed by atoms with Gasteiger partial charge in [0.25, 0.3) is 0 Å². The van der Waals surface area contributed by atoms with Gasteiger partial charge in [-0.15, -0.1) is 0 Å². The molecular formula is C16H21NO3. The van der Waals surface area contributed by atoms with Crippen LogP contribution in [-0.4, -0.2) is 24.2 Å². The number of aliphatic hydroxyl groups excluding tert-OH is 1. The molecule has 1 saturated heterocycles. The van der Waals surface area contributed by atoms with Crippen LogP contribution in [0.3, 0.4) is 0 Å². The van der Waals surface area contributed by atoms with Crippen molar-refractivity contribution in [1.29, 1.82) is 0 Å². The summed E-state index contributed by atoms with van der Waals surface area (Å²) in [6.07, 6.45) is 3.73. The summed E-state index contributed by atoms with van der Waals surface area (Å²) in [6.45, 7) is 1.48. The smallest absolute Gasteiger partial charge is 0.224 e. The lowest BCUT2D eigenvalue weighted by molar-refractivity contribution is -0.116. The molecule has 1 aromatic carbocycles. The number of carbonyl (C=O) groups is 1. The summed E-state index contributed by atoms with van der Waals surface area (Å²) in [5.41, 5.74) is 3.00. The number of amides is 1. The van der Waals surface area contributed by atoms with Crippen molar-refractivity contribution in [3.8, 4) is 0 Å². The lowest BCUT2D eigenvalue weighted by atomic mass is 9.88. The number of nitrogens with one attached hydrogen (secondary N) is 1. The molecule has 0 spiro atoms. The molecule has 2 N–H and O–H groups in total. The van der Waals surface area contributed by atoms with Crippen LogP contribution in [-0.2, 0) is 16.0 Å². The molecule has 0 aromatic heterocycles. The number of fused-ring (bicyclic) bond motifs is 1. The molecule has 4 nitrogen and oxygen atoms in total. The number of aliphatic hydroxyl groups is 1. The first-order valence-electron chi connectivity index (χ1n) is 7.42. The molecule has 0 bridgehead atoms. The van der Waals surface area contributed by atoms with E-state index in [0.29, 0.717) is 6.42 Å². The summed E-state index contributed by atoms with van der Waals surface area (Å²) < 4.78 is 5.35. The maximum atomic E-state index is 11.5. The number of benzene rings is 1. The lowest BCUT2D eigenvalue weighted by Gasteiger charge is -2.27. The first kappa shape index (κ1) is 13.6. The molecule has 2 aliphatic heterocycles. The average Bonchev–Trinajstić information content (AvgIpc) is 2.67. The Morgan fingerprint density at radius 3 is 2.85 bits per heavy atom. The SMILES string of the molecule is O=C1CCCc2cc(C(O)C3CCOCC3)ccc2N1. The highest BCUT2D eigenvalue weighted by Crippen LogP contribution is 2.32. The Bertz CT molecular complexity index is 494. The summed E-state index contributed by atoms with van der Waals surface area (Å²) in [5, 5.41) is 13.5. The second-order valence-electron chi connectivity index (χ2n) is 5.71. The van der Waals surface area contributed by atoms with E-state index in [1.165, 1.54) is 0 Å². The Morgan fingerprint density at radius 2 is 2.05 bits per heavy atom. The van der Waals surface area contributed by atoms with Gasteiger partial charge in [-0.1, -0.05) is 12.1 Å². The van der Waals surface area contributed by atoms with E-state index in [0.717, 1.165) is 55.7 Å². The maximum absolute atomic E-state index is 11.5. The molecule has 1 aromatic rings. The van der Waals surface area contributed by atoms with E-state index in [1.807, 2.05) is 12.1 Å². The summed E-state index contributed by atoms with van der Waals surface area (Å²) in [4.78, 5) is 11.5. The highest BCUT2D eigenvalue weighted by atomic mass is 16.5. The second kappa shape index (κ2) is 5.94. The topological polar surface area (TPSA) is 58.6 Å². The Balaban J connectivity index is 1.80. The van der Waals surface area contributed by atoms with Gasteiger partial charge in [-0.25, -0.2) is 0 Å². The minimum Gasteiger partial charge on any atom is -0.388 e. The number of carbonyl (C=O) groups excluding carboxylic acids is 1. The van der Waals surface area contributed by atoms with E-state index >= 15 is 0 Å². The van der Waals surface area contributed by atoms with Gasteiger partial charge < -0.3 is 15.2 Å². The van der Waals surface area contributed by atoms with Crippen LogP contribution in [0.4, 0.5) is 5.69 Å². The van der Waals surface area contributed by atoms with Crippen molar-refractivity contribution in [2.45, 2.75) is 38.2 Å².